The molecular formula is C19H22ClN3O3. The van der Waals surface area contributed by atoms with E-state index < -0.39 is 0 Å². The van der Waals surface area contributed by atoms with Crippen molar-refractivity contribution in [3.63, 3.8) is 0 Å². The maximum absolute atomic E-state index is 12.0. The zero-order chi connectivity index (χ0) is 18.5. The van der Waals surface area contributed by atoms with Crippen molar-refractivity contribution >= 4 is 29.1 Å². The molecule has 0 unspecified atom stereocenters. The molecule has 1 aliphatic heterocycles. The van der Waals surface area contributed by atoms with Crippen LogP contribution in [0.25, 0.3) is 0 Å². The maximum atomic E-state index is 12.0. The molecule has 7 heteroatoms. The van der Waals surface area contributed by atoms with E-state index in [1.807, 2.05) is 24.3 Å². The van der Waals surface area contributed by atoms with E-state index in [9.17, 15) is 9.59 Å². The average molecular weight is 376 g/mol. The molecule has 0 saturated carbocycles. The number of aryl methyl sites for hydroxylation is 1. The van der Waals surface area contributed by atoms with E-state index in [4.69, 9.17) is 16.0 Å². The molecule has 1 aliphatic rings. The van der Waals surface area contributed by atoms with Crippen molar-refractivity contribution in [3.8, 4) is 0 Å². The smallest absolute Gasteiger partial charge is 0.255 e. The summed E-state index contributed by atoms with van der Waals surface area (Å²) in [6, 6.07) is 9.38. The molecule has 26 heavy (non-hydrogen) atoms. The number of anilines is 1. The molecule has 1 atom stereocenters. The third kappa shape index (κ3) is 4.58. The van der Waals surface area contributed by atoms with E-state index in [0.717, 1.165) is 30.2 Å². The first-order valence-electron chi connectivity index (χ1n) is 8.62. The van der Waals surface area contributed by atoms with Gasteiger partial charge >= 0.3 is 0 Å². The van der Waals surface area contributed by atoms with Gasteiger partial charge in [-0.15, -0.1) is 0 Å². The molecule has 2 aromatic rings. The molecule has 1 aromatic carbocycles. The molecule has 0 aliphatic carbocycles. The van der Waals surface area contributed by atoms with Gasteiger partial charge < -0.3 is 20.0 Å². The molecule has 1 fully saturated rings. The number of amides is 2. The molecule has 0 spiro atoms. The maximum Gasteiger partial charge on any atom is 0.255 e. The van der Waals surface area contributed by atoms with Crippen LogP contribution in [0.2, 0.25) is 5.02 Å². The summed E-state index contributed by atoms with van der Waals surface area (Å²) in [5.41, 5.74) is 1.60. The zero-order valence-electron chi connectivity index (χ0n) is 14.6. The molecule has 0 radical (unpaired) electrons. The van der Waals surface area contributed by atoms with Crippen LogP contribution in [-0.4, -0.2) is 38.0 Å². The second kappa shape index (κ2) is 8.27. The predicted octanol–water partition coefficient (Wildman–Crippen LogP) is 2.61. The average Bonchev–Trinajstić information content (AvgIpc) is 3.27. The van der Waals surface area contributed by atoms with Gasteiger partial charge in [0.2, 0.25) is 5.91 Å². The van der Waals surface area contributed by atoms with Crippen molar-refractivity contribution < 1.29 is 14.0 Å². The normalized spacial score (nSPS) is 16.5. The van der Waals surface area contributed by atoms with Crippen LogP contribution in [0.3, 0.4) is 0 Å². The molecule has 1 saturated heterocycles. The standard InChI is InChI=1S/C19H22ClN3O3/c1-13-17(7-9-26-13)19(25)22-11-18(24)21-10-14-6-8-23(12-14)16-4-2-15(20)3-5-16/h2-5,7,9,14H,6,8,10-12H2,1H3,(H,21,24)(H,22,25)/t14-/m0/s1. The summed E-state index contributed by atoms with van der Waals surface area (Å²) in [5, 5.41) is 6.23. The van der Waals surface area contributed by atoms with Gasteiger partial charge in [-0.3, -0.25) is 9.59 Å². The van der Waals surface area contributed by atoms with E-state index in [1.54, 1.807) is 13.0 Å². The largest absolute Gasteiger partial charge is 0.469 e. The molecule has 0 bridgehead atoms. The van der Waals surface area contributed by atoms with Gasteiger partial charge in [0.25, 0.3) is 5.91 Å². The Balaban J connectivity index is 1.39. The highest BCUT2D eigenvalue weighted by atomic mass is 35.5. The summed E-state index contributed by atoms with van der Waals surface area (Å²) in [4.78, 5) is 26.2. The number of carbonyl (C=O) groups is 2. The summed E-state index contributed by atoms with van der Waals surface area (Å²) in [7, 11) is 0. The first-order chi connectivity index (χ1) is 12.5. The highest BCUT2D eigenvalue weighted by Gasteiger charge is 2.23. The van der Waals surface area contributed by atoms with Crippen LogP contribution in [0.15, 0.2) is 41.0 Å². The molecular weight excluding hydrogens is 354 g/mol. The Morgan fingerprint density at radius 2 is 2.00 bits per heavy atom. The number of nitrogens with zero attached hydrogens (tertiary/aromatic N) is 1. The molecule has 1 aromatic heterocycles. The van der Waals surface area contributed by atoms with Gasteiger partial charge in [0.1, 0.15) is 5.76 Å². The number of furan rings is 1. The summed E-state index contributed by atoms with van der Waals surface area (Å²) in [6.45, 7) is 4.11. The minimum Gasteiger partial charge on any atom is -0.469 e. The van der Waals surface area contributed by atoms with Crippen LogP contribution in [0.5, 0.6) is 0 Å². The fourth-order valence-corrected chi connectivity index (χ4v) is 3.21. The lowest BCUT2D eigenvalue weighted by Gasteiger charge is -2.19. The SMILES string of the molecule is Cc1occc1C(=O)NCC(=O)NC[C@@H]1CCN(c2ccc(Cl)cc2)C1. The number of carbonyl (C=O) groups excluding carboxylic acids is 2. The van der Waals surface area contributed by atoms with Crippen LogP contribution in [0, 0.1) is 12.8 Å². The monoisotopic (exact) mass is 375 g/mol. The molecule has 138 valence electrons. The lowest BCUT2D eigenvalue weighted by Crippen LogP contribution is -2.39. The summed E-state index contributed by atoms with van der Waals surface area (Å²) >= 11 is 5.92. The predicted molar refractivity (Wildman–Crippen MR) is 101 cm³/mol. The Labute approximate surface area is 157 Å². The van der Waals surface area contributed by atoms with Crippen molar-refractivity contribution in [1.29, 1.82) is 0 Å². The lowest BCUT2D eigenvalue weighted by molar-refractivity contribution is -0.120. The second-order valence-corrected chi connectivity index (χ2v) is 6.89. The van der Waals surface area contributed by atoms with Gasteiger partial charge in [-0.1, -0.05) is 11.6 Å². The van der Waals surface area contributed by atoms with Gasteiger partial charge in [0.05, 0.1) is 18.4 Å². The third-order valence-electron chi connectivity index (χ3n) is 4.58. The molecule has 2 N–H and O–H groups in total. The van der Waals surface area contributed by atoms with E-state index >= 15 is 0 Å². The first-order valence-corrected chi connectivity index (χ1v) is 9.00. The Morgan fingerprint density at radius 3 is 2.69 bits per heavy atom. The van der Waals surface area contributed by atoms with Crippen LogP contribution < -0.4 is 15.5 Å². The Kier molecular flexibility index (Phi) is 5.83. The van der Waals surface area contributed by atoms with Gasteiger partial charge in [0.15, 0.2) is 0 Å². The van der Waals surface area contributed by atoms with E-state index in [0.29, 0.717) is 23.8 Å². The van der Waals surface area contributed by atoms with E-state index in [1.165, 1.54) is 6.26 Å². The van der Waals surface area contributed by atoms with E-state index in [-0.39, 0.29) is 18.4 Å². The number of halogens is 1. The van der Waals surface area contributed by atoms with Crippen molar-refractivity contribution in [2.24, 2.45) is 5.92 Å². The van der Waals surface area contributed by atoms with Crippen LogP contribution in [-0.2, 0) is 4.79 Å². The Morgan fingerprint density at radius 1 is 1.23 bits per heavy atom. The first kappa shape index (κ1) is 18.3. The quantitative estimate of drug-likeness (QED) is 0.813. The number of benzene rings is 1. The topological polar surface area (TPSA) is 74.6 Å². The summed E-state index contributed by atoms with van der Waals surface area (Å²) in [6.07, 6.45) is 2.47. The van der Waals surface area contributed by atoms with Crippen molar-refractivity contribution in [2.45, 2.75) is 13.3 Å². The summed E-state index contributed by atoms with van der Waals surface area (Å²) in [5.74, 6) is 0.434. The van der Waals surface area contributed by atoms with Gasteiger partial charge in [-0.05, 0) is 49.6 Å². The molecule has 2 amide bonds. The number of hydrogen-bond donors (Lipinski definition) is 2. The summed E-state index contributed by atoms with van der Waals surface area (Å²) < 4.78 is 5.09. The Hall–Kier alpha value is -2.47. The van der Waals surface area contributed by atoms with Crippen molar-refractivity contribution in [1.82, 2.24) is 10.6 Å². The third-order valence-corrected chi connectivity index (χ3v) is 4.83. The van der Waals surface area contributed by atoms with Crippen LogP contribution in [0.4, 0.5) is 5.69 Å². The number of rotatable bonds is 6. The fraction of sp³-hybridized carbons (Fsp3) is 0.368. The van der Waals surface area contributed by atoms with Crippen LogP contribution in [0.1, 0.15) is 22.5 Å². The molecule has 3 rings (SSSR count). The minimum atomic E-state index is -0.304. The number of hydrogen-bond acceptors (Lipinski definition) is 4. The number of nitrogens with one attached hydrogen (secondary N) is 2. The van der Waals surface area contributed by atoms with Crippen molar-refractivity contribution in [3.05, 3.63) is 52.9 Å². The fourth-order valence-electron chi connectivity index (χ4n) is 3.08. The molecule has 6 nitrogen and oxygen atoms in total. The highest BCUT2D eigenvalue weighted by Crippen LogP contribution is 2.24. The van der Waals surface area contributed by atoms with Crippen molar-refractivity contribution in [2.75, 3.05) is 31.1 Å². The minimum absolute atomic E-state index is 0.0446. The second-order valence-electron chi connectivity index (χ2n) is 6.45. The molecule has 2 heterocycles. The van der Waals surface area contributed by atoms with Gasteiger partial charge in [-0.25, -0.2) is 0 Å². The van der Waals surface area contributed by atoms with Gasteiger partial charge in [0, 0.05) is 30.3 Å². The zero-order valence-corrected chi connectivity index (χ0v) is 15.4. The van der Waals surface area contributed by atoms with Crippen LogP contribution >= 0.6 is 11.6 Å². The highest BCUT2D eigenvalue weighted by molar-refractivity contribution is 6.30. The van der Waals surface area contributed by atoms with E-state index in [2.05, 4.69) is 15.5 Å². The van der Waals surface area contributed by atoms with Gasteiger partial charge in [-0.2, -0.15) is 0 Å². The lowest BCUT2D eigenvalue weighted by atomic mass is 10.1. The Bertz CT molecular complexity index is 773.